The Bertz CT molecular complexity index is 322. The highest BCUT2D eigenvalue weighted by Gasteiger charge is 2.27. The van der Waals surface area contributed by atoms with E-state index in [1.165, 1.54) is 0 Å². The quantitative estimate of drug-likeness (QED) is 0.831. The van der Waals surface area contributed by atoms with Gasteiger partial charge in [-0.25, -0.2) is 0 Å². The van der Waals surface area contributed by atoms with E-state index >= 15 is 0 Å². The molecule has 0 bridgehead atoms. The van der Waals surface area contributed by atoms with Crippen molar-refractivity contribution >= 4 is 0 Å². The van der Waals surface area contributed by atoms with Gasteiger partial charge in [-0.05, 0) is 31.2 Å². The molecule has 3 N–H and O–H groups in total. The SMILES string of the molecule is NC(Cc1ccccc1)C(O)C1CCCCO1. The fourth-order valence-electron chi connectivity index (χ4n) is 2.32. The summed E-state index contributed by atoms with van der Waals surface area (Å²) in [6.45, 7) is 0.750. The predicted octanol–water partition coefficient (Wildman–Crippen LogP) is 1.49. The summed E-state index contributed by atoms with van der Waals surface area (Å²) >= 11 is 0. The van der Waals surface area contributed by atoms with Crippen LogP contribution in [0, 0.1) is 0 Å². The van der Waals surface area contributed by atoms with Gasteiger partial charge in [0.15, 0.2) is 0 Å². The minimum absolute atomic E-state index is 0.0811. The van der Waals surface area contributed by atoms with Crippen LogP contribution in [0.25, 0.3) is 0 Å². The van der Waals surface area contributed by atoms with E-state index in [4.69, 9.17) is 10.5 Å². The van der Waals surface area contributed by atoms with Crippen LogP contribution in [0.3, 0.4) is 0 Å². The van der Waals surface area contributed by atoms with Gasteiger partial charge in [-0.15, -0.1) is 0 Å². The zero-order valence-electron chi connectivity index (χ0n) is 10.1. The molecule has 1 heterocycles. The molecule has 1 saturated heterocycles. The highest BCUT2D eigenvalue weighted by molar-refractivity contribution is 5.16. The molecular formula is C14H21NO2. The summed E-state index contributed by atoms with van der Waals surface area (Å²) in [5.74, 6) is 0. The minimum Gasteiger partial charge on any atom is -0.389 e. The van der Waals surface area contributed by atoms with Gasteiger partial charge in [-0.1, -0.05) is 30.3 Å². The molecule has 0 amide bonds. The van der Waals surface area contributed by atoms with Crippen LogP contribution in [0.15, 0.2) is 30.3 Å². The Balaban J connectivity index is 1.88. The summed E-state index contributed by atoms with van der Waals surface area (Å²) in [4.78, 5) is 0. The molecule has 1 fully saturated rings. The van der Waals surface area contributed by atoms with Crippen LogP contribution in [-0.2, 0) is 11.2 Å². The summed E-state index contributed by atoms with van der Waals surface area (Å²) in [6, 6.07) is 9.79. The van der Waals surface area contributed by atoms with E-state index in [0.29, 0.717) is 6.42 Å². The average Bonchev–Trinajstić information content (AvgIpc) is 2.40. The molecule has 0 saturated carbocycles. The van der Waals surface area contributed by atoms with Crippen molar-refractivity contribution in [2.75, 3.05) is 6.61 Å². The maximum absolute atomic E-state index is 10.2. The average molecular weight is 235 g/mol. The van der Waals surface area contributed by atoms with Crippen molar-refractivity contribution < 1.29 is 9.84 Å². The maximum atomic E-state index is 10.2. The van der Waals surface area contributed by atoms with Crippen LogP contribution in [-0.4, -0.2) is 30.0 Å². The largest absolute Gasteiger partial charge is 0.389 e. The third kappa shape index (κ3) is 3.53. The second kappa shape index (κ2) is 6.15. The molecule has 1 aliphatic rings. The normalized spacial score (nSPS) is 24.2. The minimum atomic E-state index is -0.560. The fraction of sp³-hybridized carbons (Fsp3) is 0.571. The Morgan fingerprint density at radius 2 is 2.06 bits per heavy atom. The first-order valence-corrected chi connectivity index (χ1v) is 6.36. The lowest BCUT2D eigenvalue weighted by atomic mass is 9.95. The number of hydrogen-bond acceptors (Lipinski definition) is 3. The number of ether oxygens (including phenoxy) is 1. The Morgan fingerprint density at radius 1 is 1.29 bits per heavy atom. The molecule has 94 valence electrons. The van der Waals surface area contributed by atoms with Crippen LogP contribution < -0.4 is 5.73 Å². The molecule has 3 atom stereocenters. The third-order valence-corrected chi connectivity index (χ3v) is 3.35. The maximum Gasteiger partial charge on any atom is 0.0955 e. The van der Waals surface area contributed by atoms with Crippen molar-refractivity contribution in [2.45, 2.75) is 43.9 Å². The first-order chi connectivity index (χ1) is 8.27. The van der Waals surface area contributed by atoms with E-state index in [-0.39, 0.29) is 12.1 Å². The molecule has 1 aromatic rings. The molecule has 3 heteroatoms. The summed E-state index contributed by atoms with van der Waals surface area (Å²) in [5.41, 5.74) is 7.21. The lowest BCUT2D eigenvalue weighted by molar-refractivity contribution is -0.0700. The van der Waals surface area contributed by atoms with Crippen molar-refractivity contribution in [3.8, 4) is 0 Å². The molecular weight excluding hydrogens is 214 g/mol. The smallest absolute Gasteiger partial charge is 0.0955 e. The Hall–Kier alpha value is -0.900. The van der Waals surface area contributed by atoms with Crippen LogP contribution >= 0.6 is 0 Å². The summed E-state index contributed by atoms with van der Waals surface area (Å²) in [5, 5.41) is 10.2. The number of hydrogen-bond donors (Lipinski definition) is 2. The molecule has 17 heavy (non-hydrogen) atoms. The standard InChI is InChI=1S/C14H21NO2/c15-12(10-11-6-2-1-3-7-11)14(16)13-8-4-5-9-17-13/h1-3,6-7,12-14,16H,4-5,8-10,15H2. The van der Waals surface area contributed by atoms with Crippen LogP contribution in [0.5, 0.6) is 0 Å². The molecule has 3 unspecified atom stereocenters. The Morgan fingerprint density at radius 3 is 2.71 bits per heavy atom. The molecule has 0 aliphatic carbocycles. The summed E-state index contributed by atoms with van der Waals surface area (Å²) in [7, 11) is 0. The van der Waals surface area contributed by atoms with E-state index < -0.39 is 6.10 Å². The molecule has 0 spiro atoms. The highest BCUT2D eigenvalue weighted by atomic mass is 16.5. The van der Waals surface area contributed by atoms with Gasteiger partial charge in [0.1, 0.15) is 0 Å². The number of nitrogens with two attached hydrogens (primary N) is 1. The lowest BCUT2D eigenvalue weighted by Gasteiger charge is -2.30. The van der Waals surface area contributed by atoms with E-state index in [1.54, 1.807) is 0 Å². The van der Waals surface area contributed by atoms with E-state index in [2.05, 4.69) is 0 Å². The van der Waals surface area contributed by atoms with Gasteiger partial charge in [0, 0.05) is 12.6 Å². The van der Waals surface area contributed by atoms with Crippen LogP contribution in [0.1, 0.15) is 24.8 Å². The zero-order chi connectivity index (χ0) is 12.1. The molecule has 3 nitrogen and oxygen atoms in total. The lowest BCUT2D eigenvalue weighted by Crippen LogP contribution is -2.46. The van der Waals surface area contributed by atoms with Gasteiger partial charge in [-0.3, -0.25) is 0 Å². The molecule has 1 aliphatic heterocycles. The van der Waals surface area contributed by atoms with Crippen molar-refractivity contribution in [3.63, 3.8) is 0 Å². The Kier molecular flexibility index (Phi) is 4.54. The van der Waals surface area contributed by atoms with Gasteiger partial charge >= 0.3 is 0 Å². The van der Waals surface area contributed by atoms with Gasteiger partial charge < -0.3 is 15.6 Å². The zero-order valence-corrected chi connectivity index (χ0v) is 10.1. The van der Waals surface area contributed by atoms with Gasteiger partial charge in [0.05, 0.1) is 12.2 Å². The van der Waals surface area contributed by atoms with Crippen molar-refractivity contribution in [1.82, 2.24) is 0 Å². The van der Waals surface area contributed by atoms with E-state index in [0.717, 1.165) is 31.4 Å². The van der Waals surface area contributed by atoms with Gasteiger partial charge in [-0.2, -0.15) is 0 Å². The molecule has 0 aromatic heterocycles. The van der Waals surface area contributed by atoms with Gasteiger partial charge in [0.2, 0.25) is 0 Å². The summed E-state index contributed by atoms with van der Waals surface area (Å²) in [6.07, 6.45) is 3.19. The third-order valence-electron chi connectivity index (χ3n) is 3.35. The van der Waals surface area contributed by atoms with Crippen LogP contribution in [0.4, 0.5) is 0 Å². The van der Waals surface area contributed by atoms with Crippen LogP contribution in [0.2, 0.25) is 0 Å². The molecule has 1 aromatic carbocycles. The number of aliphatic hydroxyl groups excluding tert-OH is 1. The van der Waals surface area contributed by atoms with Gasteiger partial charge in [0.25, 0.3) is 0 Å². The fourth-order valence-corrected chi connectivity index (χ4v) is 2.32. The highest BCUT2D eigenvalue weighted by Crippen LogP contribution is 2.18. The van der Waals surface area contributed by atoms with Crippen molar-refractivity contribution in [3.05, 3.63) is 35.9 Å². The molecule has 2 rings (SSSR count). The summed E-state index contributed by atoms with van der Waals surface area (Å²) < 4.78 is 5.57. The van der Waals surface area contributed by atoms with Crippen molar-refractivity contribution in [1.29, 1.82) is 0 Å². The molecule has 0 radical (unpaired) electrons. The Labute approximate surface area is 103 Å². The second-order valence-electron chi connectivity index (χ2n) is 4.75. The van der Waals surface area contributed by atoms with Crippen molar-refractivity contribution in [2.24, 2.45) is 5.73 Å². The topological polar surface area (TPSA) is 55.5 Å². The second-order valence-corrected chi connectivity index (χ2v) is 4.75. The number of rotatable bonds is 4. The van der Waals surface area contributed by atoms with E-state index in [9.17, 15) is 5.11 Å². The first-order valence-electron chi connectivity index (χ1n) is 6.36. The van der Waals surface area contributed by atoms with E-state index in [1.807, 2.05) is 30.3 Å². The number of benzene rings is 1. The monoisotopic (exact) mass is 235 g/mol. The predicted molar refractivity (Wildman–Crippen MR) is 67.7 cm³/mol. The number of aliphatic hydroxyl groups is 1. The first kappa shape index (κ1) is 12.6.